The minimum Gasteiger partial charge on any atom is -0.497 e. The van der Waals surface area contributed by atoms with E-state index in [-0.39, 0.29) is 24.9 Å². The Morgan fingerprint density at radius 2 is 1.87 bits per heavy atom. The molecule has 31 heavy (non-hydrogen) atoms. The molecule has 1 aromatic heterocycles. The zero-order chi connectivity index (χ0) is 22.2. The molecule has 3 rings (SSSR count). The van der Waals surface area contributed by atoms with Crippen LogP contribution in [0.1, 0.15) is 16.2 Å². The molecule has 0 atom stereocenters. The molecule has 0 saturated heterocycles. The molecule has 7 heteroatoms. The maximum absolute atomic E-state index is 12.9. The number of hydrogen-bond acceptors (Lipinski definition) is 4. The number of carbonyl (C=O) groups is 2. The van der Waals surface area contributed by atoms with Crippen LogP contribution in [0.3, 0.4) is 0 Å². The van der Waals surface area contributed by atoms with Crippen molar-refractivity contribution in [2.75, 3.05) is 20.2 Å². The minimum absolute atomic E-state index is 0.0803. The van der Waals surface area contributed by atoms with E-state index >= 15 is 0 Å². The van der Waals surface area contributed by atoms with Gasteiger partial charge in [-0.3, -0.25) is 9.59 Å². The Morgan fingerprint density at radius 3 is 2.58 bits per heavy atom. The molecule has 0 saturated carbocycles. The molecule has 0 spiro atoms. The van der Waals surface area contributed by atoms with E-state index in [9.17, 15) is 9.59 Å². The van der Waals surface area contributed by atoms with Crippen molar-refractivity contribution < 1.29 is 14.3 Å². The molecule has 2 amide bonds. The number of fused-ring (bicyclic) bond motifs is 1. The predicted molar refractivity (Wildman–Crippen MR) is 121 cm³/mol. The van der Waals surface area contributed by atoms with Crippen molar-refractivity contribution in [1.29, 1.82) is 0 Å². The number of aromatic nitrogens is 2. The second-order valence-electron chi connectivity index (χ2n) is 6.89. The topological polar surface area (TPSA) is 76.5 Å². The van der Waals surface area contributed by atoms with Crippen LogP contribution in [0.4, 0.5) is 0 Å². The van der Waals surface area contributed by atoms with Gasteiger partial charge in [-0.2, -0.15) is 0 Å². The lowest BCUT2D eigenvalue weighted by Gasteiger charge is -2.20. The Morgan fingerprint density at radius 1 is 1.13 bits per heavy atom. The largest absolute Gasteiger partial charge is 0.497 e. The molecule has 0 bridgehead atoms. The molecule has 0 unspecified atom stereocenters. The third kappa shape index (κ3) is 5.19. The molecule has 2 aromatic carbocycles. The van der Waals surface area contributed by atoms with Crippen LogP contribution < -0.4 is 10.1 Å². The number of carbonyl (C=O) groups excluding carboxylic acids is 2. The number of methoxy groups -OCH3 is 1. The lowest BCUT2D eigenvalue weighted by atomic mass is 10.2. The maximum atomic E-state index is 12.9. The maximum Gasteiger partial charge on any atom is 0.251 e. The summed E-state index contributed by atoms with van der Waals surface area (Å²) < 4.78 is 7.02. The van der Waals surface area contributed by atoms with Crippen LogP contribution in [0.25, 0.3) is 11.0 Å². The molecular weight excluding hydrogens is 392 g/mol. The first-order valence-electron chi connectivity index (χ1n) is 9.93. The summed E-state index contributed by atoms with van der Waals surface area (Å²) in [6, 6.07) is 14.5. The summed E-state index contributed by atoms with van der Waals surface area (Å²) in [5.74, 6) is 0.880. The van der Waals surface area contributed by atoms with Crippen molar-refractivity contribution in [3.63, 3.8) is 0 Å². The van der Waals surface area contributed by atoms with Gasteiger partial charge in [-0.15, -0.1) is 13.2 Å². The van der Waals surface area contributed by atoms with Crippen molar-refractivity contribution in [2.45, 2.75) is 13.1 Å². The van der Waals surface area contributed by atoms with Gasteiger partial charge in [0, 0.05) is 18.7 Å². The first kappa shape index (κ1) is 21.8. The van der Waals surface area contributed by atoms with Gasteiger partial charge in [-0.05, 0) is 30.3 Å². The van der Waals surface area contributed by atoms with Crippen LogP contribution >= 0.6 is 0 Å². The first-order valence-corrected chi connectivity index (χ1v) is 9.93. The van der Waals surface area contributed by atoms with E-state index in [0.717, 1.165) is 11.0 Å². The van der Waals surface area contributed by atoms with Gasteiger partial charge in [0.05, 0.1) is 24.7 Å². The van der Waals surface area contributed by atoms with E-state index in [1.54, 1.807) is 48.4 Å². The van der Waals surface area contributed by atoms with Gasteiger partial charge in [0.25, 0.3) is 5.91 Å². The zero-order valence-corrected chi connectivity index (χ0v) is 17.6. The average molecular weight is 418 g/mol. The Bertz CT molecular complexity index is 1090. The smallest absolute Gasteiger partial charge is 0.251 e. The van der Waals surface area contributed by atoms with Crippen LogP contribution in [0.2, 0.25) is 0 Å². The van der Waals surface area contributed by atoms with Gasteiger partial charge >= 0.3 is 0 Å². The molecule has 0 fully saturated rings. The van der Waals surface area contributed by atoms with E-state index < -0.39 is 0 Å². The second kappa shape index (κ2) is 10.2. The fourth-order valence-electron chi connectivity index (χ4n) is 3.29. The summed E-state index contributed by atoms with van der Waals surface area (Å²) in [5.41, 5.74) is 2.08. The van der Waals surface area contributed by atoms with E-state index in [2.05, 4.69) is 23.5 Å². The van der Waals surface area contributed by atoms with Gasteiger partial charge in [0.2, 0.25) is 5.91 Å². The van der Waals surface area contributed by atoms with Gasteiger partial charge in [0.1, 0.15) is 18.1 Å². The predicted octanol–water partition coefficient (Wildman–Crippen LogP) is 3.18. The van der Waals surface area contributed by atoms with E-state index in [4.69, 9.17) is 4.74 Å². The lowest BCUT2D eigenvalue weighted by molar-refractivity contribution is -0.130. The summed E-state index contributed by atoms with van der Waals surface area (Å²) in [6.07, 6.45) is 3.37. The fourth-order valence-corrected chi connectivity index (χ4v) is 3.29. The second-order valence-corrected chi connectivity index (χ2v) is 6.89. The minimum atomic E-state index is -0.247. The molecule has 0 aliphatic heterocycles. The number of rotatable bonds is 10. The summed E-state index contributed by atoms with van der Waals surface area (Å²) in [7, 11) is 1.55. The van der Waals surface area contributed by atoms with Crippen LogP contribution in [0, 0.1) is 0 Å². The number of amides is 2. The Balaban J connectivity index is 1.83. The first-order chi connectivity index (χ1) is 15.1. The summed E-state index contributed by atoms with van der Waals surface area (Å²) in [4.78, 5) is 31.8. The molecule has 0 aliphatic rings. The number of hydrogen-bond donors (Lipinski definition) is 1. The zero-order valence-electron chi connectivity index (χ0n) is 17.6. The Labute approximate surface area is 181 Å². The summed E-state index contributed by atoms with van der Waals surface area (Å²) in [6.45, 7) is 8.58. The van der Waals surface area contributed by atoms with E-state index in [1.807, 2.05) is 28.8 Å². The summed E-state index contributed by atoms with van der Waals surface area (Å²) in [5, 5.41) is 2.89. The highest BCUT2D eigenvalue weighted by Gasteiger charge is 2.18. The normalized spacial score (nSPS) is 10.5. The third-order valence-electron chi connectivity index (χ3n) is 4.82. The lowest BCUT2D eigenvalue weighted by Crippen LogP contribution is -2.35. The number of para-hydroxylation sites is 2. The fraction of sp³-hybridized carbons (Fsp3) is 0.208. The van der Waals surface area contributed by atoms with Crippen LogP contribution in [-0.2, 0) is 17.9 Å². The average Bonchev–Trinajstić information content (AvgIpc) is 3.14. The van der Waals surface area contributed by atoms with Gasteiger partial charge in [0.15, 0.2) is 0 Å². The van der Waals surface area contributed by atoms with Crippen molar-refractivity contribution >= 4 is 22.8 Å². The number of benzene rings is 2. The molecular formula is C24H26N4O3. The van der Waals surface area contributed by atoms with Crippen LogP contribution in [-0.4, -0.2) is 46.5 Å². The quantitative estimate of drug-likeness (QED) is 0.513. The molecule has 7 nitrogen and oxygen atoms in total. The van der Waals surface area contributed by atoms with Crippen LogP contribution in [0.15, 0.2) is 73.8 Å². The molecule has 0 aliphatic carbocycles. The number of imidazole rings is 1. The SMILES string of the molecule is C=CCN(CC=C)C(=O)Cn1c(CNC(=O)c2cccc(OC)c2)nc2ccccc21. The molecule has 3 aromatic rings. The van der Waals surface area contributed by atoms with Crippen molar-refractivity contribution in [2.24, 2.45) is 0 Å². The highest BCUT2D eigenvalue weighted by molar-refractivity contribution is 5.94. The Kier molecular flexibility index (Phi) is 7.22. The molecule has 1 heterocycles. The standard InChI is InChI=1S/C24H26N4O3/c1-4-13-27(14-5-2)23(29)17-28-21-12-7-6-11-20(21)26-22(28)16-25-24(30)18-9-8-10-19(15-18)31-3/h4-12,15H,1-2,13-14,16-17H2,3H3,(H,25,30). The highest BCUT2D eigenvalue weighted by Crippen LogP contribution is 2.17. The Hall–Kier alpha value is -3.87. The third-order valence-corrected chi connectivity index (χ3v) is 4.82. The number of ether oxygens (including phenoxy) is 1. The molecule has 160 valence electrons. The van der Waals surface area contributed by atoms with Crippen molar-refractivity contribution in [3.8, 4) is 5.75 Å². The summed E-state index contributed by atoms with van der Waals surface area (Å²) >= 11 is 0. The molecule has 0 radical (unpaired) electrons. The number of nitrogens with zero attached hydrogens (tertiary/aromatic N) is 3. The van der Waals surface area contributed by atoms with Crippen molar-refractivity contribution in [3.05, 3.63) is 85.2 Å². The van der Waals surface area contributed by atoms with E-state index in [0.29, 0.717) is 30.2 Å². The van der Waals surface area contributed by atoms with E-state index in [1.165, 1.54) is 0 Å². The van der Waals surface area contributed by atoms with Gasteiger partial charge in [-0.25, -0.2) is 4.98 Å². The van der Waals surface area contributed by atoms with Crippen molar-refractivity contribution in [1.82, 2.24) is 19.8 Å². The number of nitrogens with one attached hydrogen (secondary N) is 1. The van der Waals surface area contributed by atoms with Gasteiger partial charge < -0.3 is 19.5 Å². The molecule has 1 N–H and O–H groups in total. The monoisotopic (exact) mass is 418 g/mol. The highest BCUT2D eigenvalue weighted by atomic mass is 16.5. The van der Waals surface area contributed by atoms with Crippen LogP contribution in [0.5, 0.6) is 5.75 Å². The van der Waals surface area contributed by atoms with Gasteiger partial charge in [-0.1, -0.05) is 30.4 Å².